The molecule has 0 atom stereocenters. The summed E-state index contributed by atoms with van der Waals surface area (Å²) in [5, 5.41) is 30.6. The van der Waals surface area contributed by atoms with E-state index in [-0.39, 0.29) is 28.2 Å². The quantitative estimate of drug-likeness (QED) is 0.350. The zero-order valence-electron chi connectivity index (χ0n) is 18.3. The van der Waals surface area contributed by atoms with Crippen LogP contribution in [0.25, 0.3) is 16.8 Å². The number of nitrogens with one attached hydrogen (secondary N) is 1. The minimum Gasteiger partial charge on any atom is -0.506 e. The summed E-state index contributed by atoms with van der Waals surface area (Å²) in [5.74, 6) is -1.11. The number of carboxylic acids is 1. The number of benzene rings is 3. The van der Waals surface area contributed by atoms with Gasteiger partial charge in [-0.3, -0.25) is 9.89 Å². The molecule has 0 amide bonds. The smallest absolute Gasteiger partial charge is 0.335 e. The van der Waals surface area contributed by atoms with E-state index in [9.17, 15) is 14.7 Å². The van der Waals surface area contributed by atoms with Crippen molar-refractivity contribution < 1.29 is 15.0 Å². The Morgan fingerprint density at radius 1 is 0.879 bits per heavy atom. The number of hydrogen-bond acceptors (Lipinski definition) is 5. The van der Waals surface area contributed by atoms with Crippen LogP contribution in [0.15, 0.2) is 75.7 Å². The summed E-state index contributed by atoms with van der Waals surface area (Å²) in [6.45, 7) is 5.72. The number of aromatic hydroxyl groups is 1. The monoisotopic (exact) mass is 442 g/mol. The third-order valence-electron chi connectivity index (χ3n) is 5.49. The molecule has 1 aromatic heterocycles. The number of aromatic carboxylic acids is 1. The fraction of sp³-hybridized carbons (Fsp3) is 0.120. The topological polar surface area (TPSA) is 120 Å². The molecular weight excluding hydrogens is 420 g/mol. The van der Waals surface area contributed by atoms with Gasteiger partial charge in [-0.2, -0.15) is 0 Å². The predicted molar refractivity (Wildman–Crippen MR) is 125 cm³/mol. The summed E-state index contributed by atoms with van der Waals surface area (Å²) < 4.78 is 1.42. The first kappa shape index (κ1) is 21.8. The van der Waals surface area contributed by atoms with E-state index in [4.69, 9.17) is 5.11 Å². The van der Waals surface area contributed by atoms with Crippen molar-refractivity contribution in [3.8, 4) is 22.6 Å². The number of phenolic OH excluding ortho intramolecular Hbond substituents is 1. The Labute approximate surface area is 189 Å². The summed E-state index contributed by atoms with van der Waals surface area (Å²) in [5.41, 5.74) is 5.10. The number of H-pyrrole nitrogens is 1. The van der Waals surface area contributed by atoms with E-state index in [1.165, 1.54) is 22.9 Å². The van der Waals surface area contributed by atoms with E-state index >= 15 is 0 Å². The number of phenols is 1. The van der Waals surface area contributed by atoms with Crippen LogP contribution in [0.2, 0.25) is 0 Å². The zero-order valence-corrected chi connectivity index (χ0v) is 18.3. The van der Waals surface area contributed by atoms with Crippen molar-refractivity contribution in [2.75, 3.05) is 0 Å². The maximum absolute atomic E-state index is 12.9. The van der Waals surface area contributed by atoms with Gasteiger partial charge < -0.3 is 10.2 Å². The van der Waals surface area contributed by atoms with Crippen LogP contribution in [-0.2, 0) is 0 Å². The lowest BCUT2D eigenvalue weighted by atomic mass is 10.0. The molecule has 0 aliphatic rings. The Hall–Kier alpha value is -4.46. The summed E-state index contributed by atoms with van der Waals surface area (Å²) in [7, 11) is 0. The van der Waals surface area contributed by atoms with Crippen LogP contribution in [0.5, 0.6) is 5.75 Å². The molecule has 1 heterocycles. The molecule has 33 heavy (non-hydrogen) atoms. The number of rotatable bonds is 5. The molecule has 8 nitrogen and oxygen atoms in total. The average Bonchev–Trinajstić information content (AvgIpc) is 3.08. The van der Waals surface area contributed by atoms with Crippen molar-refractivity contribution in [3.05, 3.63) is 93.4 Å². The Kier molecular flexibility index (Phi) is 5.66. The van der Waals surface area contributed by atoms with Gasteiger partial charge in [-0.05, 0) is 79.4 Å². The fourth-order valence-corrected chi connectivity index (χ4v) is 3.40. The van der Waals surface area contributed by atoms with Crippen molar-refractivity contribution in [3.63, 3.8) is 0 Å². The van der Waals surface area contributed by atoms with Crippen molar-refractivity contribution in [2.45, 2.75) is 20.8 Å². The Morgan fingerprint density at radius 2 is 1.58 bits per heavy atom. The predicted octanol–water partition coefficient (Wildman–Crippen LogP) is 5.58. The van der Waals surface area contributed by atoms with E-state index in [1.807, 2.05) is 32.0 Å². The van der Waals surface area contributed by atoms with Crippen molar-refractivity contribution in [2.24, 2.45) is 10.2 Å². The van der Waals surface area contributed by atoms with Crippen LogP contribution < -0.4 is 5.56 Å². The van der Waals surface area contributed by atoms with Gasteiger partial charge in [0, 0.05) is 0 Å². The fourth-order valence-electron chi connectivity index (χ4n) is 3.40. The molecule has 0 bridgehead atoms. The second-order valence-corrected chi connectivity index (χ2v) is 7.78. The van der Waals surface area contributed by atoms with Crippen LogP contribution in [0, 0.1) is 20.8 Å². The lowest BCUT2D eigenvalue weighted by Crippen LogP contribution is -2.14. The van der Waals surface area contributed by atoms with Gasteiger partial charge in [0.15, 0.2) is 5.69 Å². The maximum Gasteiger partial charge on any atom is 0.335 e. The number of aryl methyl sites for hydroxylation is 3. The lowest BCUT2D eigenvalue weighted by Gasteiger charge is -2.05. The van der Waals surface area contributed by atoms with E-state index in [2.05, 4.69) is 15.3 Å². The van der Waals surface area contributed by atoms with Gasteiger partial charge in [-0.1, -0.05) is 24.3 Å². The Balaban J connectivity index is 1.62. The molecule has 0 unspecified atom stereocenters. The molecule has 166 valence electrons. The number of aromatic amines is 1. The van der Waals surface area contributed by atoms with Crippen LogP contribution >= 0.6 is 0 Å². The third kappa shape index (κ3) is 4.31. The summed E-state index contributed by atoms with van der Waals surface area (Å²) in [4.78, 5) is 23.9. The normalized spacial score (nSPS) is 11.2. The highest BCUT2D eigenvalue weighted by Gasteiger charge is 2.13. The van der Waals surface area contributed by atoms with Gasteiger partial charge in [0.05, 0.1) is 16.9 Å². The highest BCUT2D eigenvalue weighted by atomic mass is 16.4. The van der Waals surface area contributed by atoms with Crippen LogP contribution in [0.3, 0.4) is 0 Å². The lowest BCUT2D eigenvalue weighted by molar-refractivity contribution is 0.0697. The number of carbonyl (C=O) groups is 1. The molecular formula is C25H22N4O4. The van der Waals surface area contributed by atoms with Gasteiger partial charge in [0.25, 0.3) is 5.56 Å². The van der Waals surface area contributed by atoms with Crippen LogP contribution in [0.4, 0.5) is 11.4 Å². The van der Waals surface area contributed by atoms with E-state index in [0.717, 1.165) is 16.7 Å². The largest absolute Gasteiger partial charge is 0.506 e. The van der Waals surface area contributed by atoms with Gasteiger partial charge in [0.2, 0.25) is 0 Å². The highest BCUT2D eigenvalue weighted by molar-refractivity contribution is 5.88. The van der Waals surface area contributed by atoms with E-state index < -0.39 is 5.97 Å². The molecule has 0 aliphatic heterocycles. The Morgan fingerprint density at radius 3 is 2.21 bits per heavy atom. The standard InChI is InChI=1S/C25H22N4O4/c1-14-4-10-20(12-15(14)2)29-24(31)23(16(3)28-29)27-26-21-11-9-19(13-22(21)30)17-5-7-18(8-6-17)25(32)33/h4-13,28,30H,1-3H3,(H,32,33). The van der Waals surface area contributed by atoms with Gasteiger partial charge in [-0.25, -0.2) is 9.48 Å². The molecule has 4 rings (SSSR count). The van der Waals surface area contributed by atoms with Gasteiger partial charge in [0.1, 0.15) is 11.4 Å². The van der Waals surface area contributed by atoms with E-state index in [0.29, 0.717) is 16.9 Å². The molecule has 0 saturated carbocycles. The summed E-state index contributed by atoms with van der Waals surface area (Å²) in [6, 6.07) is 16.9. The minimum absolute atomic E-state index is 0.110. The number of hydrogen-bond donors (Lipinski definition) is 3. The number of azo groups is 1. The average molecular weight is 442 g/mol. The van der Waals surface area contributed by atoms with E-state index in [1.54, 1.807) is 31.2 Å². The van der Waals surface area contributed by atoms with Crippen LogP contribution in [0.1, 0.15) is 27.2 Å². The van der Waals surface area contributed by atoms with Gasteiger partial charge in [-0.15, -0.1) is 10.2 Å². The highest BCUT2D eigenvalue weighted by Crippen LogP contribution is 2.33. The van der Waals surface area contributed by atoms with Crippen molar-refractivity contribution in [1.29, 1.82) is 0 Å². The molecule has 0 spiro atoms. The minimum atomic E-state index is -1.00. The third-order valence-corrected chi connectivity index (χ3v) is 5.49. The van der Waals surface area contributed by atoms with Crippen molar-refractivity contribution in [1.82, 2.24) is 9.78 Å². The number of aromatic nitrogens is 2. The number of carboxylic acid groups (broad SMARTS) is 1. The maximum atomic E-state index is 12.9. The van der Waals surface area contributed by atoms with Crippen LogP contribution in [-0.4, -0.2) is 26.0 Å². The van der Waals surface area contributed by atoms with Gasteiger partial charge >= 0.3 is 5.97 Å². The molecule has 3 N–H and O–H groups in total. The zero-order chi connectivity index (χ0) is 23.7. The Bertz CT molecular complexity index is 1450. The second-order valence-electron chi connectivity index (χ2n) is 7.78. The second kappa shape index (κ2) is 8.58. The molecule has 0 fully saturated rings. The number of nitrogens with zero attached hydrogens (tertiary/aromatic N) is 3. The van der Waals surface area contributed by atoms with Crippen molar-refractivity contribution >= 4 is 17.3 Å². The molecule has 8 heteroatoms. The molecule has 4 aromatic rings. The first-order chi connectivity index (χ1) is 15.7. The molecule has 0 aliphatic carbocycles. The molecule has 0 radical (unpaired) electrons. The first-order valence-electron chi connectivity index (χ1n) is 10.2. The summed E-state index contributed by atoms with van der Waals surface area (Å²) in [6.07, 6.45) is 0. The summed E-state index contributed by atoms with van der Waals surface area (Å²) >= 11 is 0. The molecule has 0 saturated heterocycles. The molecule has 3 aromatic carbocycles. The SMILES string of the molecule is Cc1ccc(-n2[nH]c(C)c(N=Nc3ccc(-c4ccc(C(=O)O)cc4)cc3O)c2=O)cc1C. The first-order valence-corrected chi connectivity index (χ1v) is 10.2.